The van der Waals surface area contributed by atoms with Crippen molar-refractivity contribution < 1.29 is 13.2 Å². The molecule has 0 saturated carbocycles. The van der Waals surface area contributed by atoms with E-state index in [0.29, 0.717) is 24.3 Å². The number of carbonyl (C=O) groups excluding carboxylic acids is 1. The molecule has 2 aromatic rings. The van der Waals surface area contributed by atoms with Crippen molar-refractivity contribution in [1.29, 1.82) is 0 Å². The van der Waals surface area contributed by atoms with Crippen molar-refractivity contribution in [3.05, 3.63) is 59.2 Å². The molecule has 3 rings (SSSR count). The van der Waals surface area contributed by atoms with Crippen LogP contribution in [0.15, 0.2) is 47.4 Å². The zero-order valence-electron chi connectivity index (χ0n) is 15.7. The molecule has 0 aromatic heterocycles. The van der Waals surface area contributed by atoms with E-state index >= 15 is 0 Å². The van der Waals surface area contributed by atoms with E-state index in [-0.39, 0.29) is 10.8 Å². The van der Waals surface area contributed by atoms with Gasteiger partial charge in [0.1, 0.15) is 0 Å². The molecule has 6 nitrogen and oxygen atoms in total. The van der Waals surface area contributed by atoms with Gasteiger partial charge in [-0.15, -0.1) is 0 Å². The van der Waals surface area contributed by atoms with Crippen LogP contribution in [0.25, 0.3) is 0 Å². The van der Waals surface area contributed by atoms with Crippen LogP contribution in [-0.2, 0) is 10.0 Å². The van der Waals surface area contributed by atoms with Gasteiger partial charge in [0.05, 0.1) is 4.90 Å². The first-order chi connectivity index (χ1) is 12.9. The number of hydrogen-bond acceptors (Lipinski definition) is 4. The zero-order valence-corrected chi connectivity index (χ0v) is 16.5. The lowest BCUT2D eigenvalue weighted by Gasteiger charge is -2.21. The van der Waals surface area contributed by atoms with Crippen molar-refractivity contribution in [2.24, 2.45) is 0 Å². The van der Waals surface area contributed by atoms with Gasteiger partial charge in [-0.25, -0.2) is 8.42 Å². The molecular weight excluding hydrogens is 362 g/mol. The minimum atomic E-state index is -3.77. The highest BCUT2D eigenvalue weighted by Crippen LogP contribution is 2.21. The van der Waals surface area contributed by atoms with Crippen LogP contribution in [0.1, 0.15) is 27.9 Å². The predicted octanol–water partition coefficient (Wildman–Crippen LogP) is 2.54. The molecule has 0 atom stereocenters. The van der Waals surface area contributed by atoms with Gasteiger partial charge in [0.15, 0.2) is 0 Å². The van der Waals surface area contributed by atoms with Crippen LogP contribution in [0.4, 0.5) is 5.69 Å². The molecule has 1 aliphatic heterocycles. The molecule has 0 radical (unpaired) electrons. The van der Waals surface area contributed by atoms with Crippen LogP contribution in [0, 0.1) is 13.8 Å². The van der Waals surface area contributed by atoms with Crippen LogP contribution in [-0.4, -0.2) is 45.4 Å². The summed E-state index contributed by atoms with van der Waals surface area (Å²) in [5, 5.41) is 3.27. The number of anilines is 1. The highest BCUT2D eigenvalue weighted by molar-refractivity contribution is 7.92. The molecule has 2 N–H and O–H groups in total. The first kappa shape index (κ1) is 19.4. The van der Waals surface area contributed by atoms with Gasteiger partial charge in [0, 0.05) is 30.9 Å². The van der Waals surface area contributed by atoms with Crippen LogP contribution in [0.5, 0.6) is 0 Å². The molecule has 2 aromatic carbocycles. The third kappa shape index (κ3) is 4.67. The van der Waals surface area contributed by atoms with Crippen molar-refractivity contribution in [2.75, 3.05) is 30.9 Å². The molecule has 0 unspecified atom stereocenters. The third-order valence-corrected chi connectivity index (χ3v) is 6.03. The average molecular weight is 388 g/mol. The molecule has 1 heterocycles. The third-order valence-electron chi connectivity index (χ3n) is 4.65. The second-order valence-electron chi connectivity index (χ2n) is 6.85. The molecule has 1 amide bonds. The van der Waals surface area contributed by atoms with Gasteiger partial charge in [-0.1, -0.05) is 18.2 Å². The summed E-state index contributed by atoms with van der Waals surface area (Å²) >= 11 is 0. The molecule has 1 aliphatic rings. The SMILES string of the molecule is Cc1cccc(NS(=O)(=O)c2ccc(C)c(C(=O)N3CCCNCC3)c2)c1. The quantitative estimate of drug-likeness (QED) is 0.845. The van der Waals surface area contributed by atoms with E-state index in [2.05, 4.69) is 10.0 Å². The van der Waals surface area contributed by atoms with Crippen molar-refractivity contribution in [2.45, 2.75) is 25.2 Å². The number of nitrogens with zero attached hydrogens (tertiary/aromatic N) is 1. The van der Waals surface area contributed by atoms with E-state index in [1.165, 1.54) is 12.1 Å². The molecule has 0 spiro atoms. The summed E-state index contributed by atoms with van der Waals surface area (Å²) in [4.78, 5) is 14.8. The largest absolute Gasteiger partial charge is 0.337 e. The summed E-state index contributed by atoms with van der Waals surface area (Å²) in [5.74, 6) is -0.121. The Balaban J connectivity index is 1.88. The summed E-state index contributed by atoms with van der Waals surface area (Å²) in [6, 6.07) is 11.9. The molecule has 0 aliphatic carbocycles. The Morgan fingerprint density at radius 3 is 2.67 bits per heavy atom. The van der Waals surface area contributed by atoms with E-state index in [0.717, 1.165) is 30.6 Å². The topological polar surface area (TPSA) is 78.5 Å². The first-order valence-corrected chi connectivity index (χ1v) is 10.6. The lowest BCUT2D eigenvalue weighted by molar-refractivity contribution is 0.0765. The second kappa shape index (κ2) is 8.10. The van der Waals surface area contributed by atoms with Gasteiger partial charge in [0.2, 0.25) is 0 Å². The first-order valence-electron chi connectivity index (χ1n) is 9.07. The lowest BCUT2D eigenvalue weighted by Crippen LogP contribution is -2.34. The Labute approximate surface area is 160 Å². The summed E-state index contributed by atoms with van der Waals surface area (Å²) in [5.41, 5.74) is 2.67. The summed E-state index contributed by atoms with van der Waals surface area (Å²) in [6.45, 7) is 6.65. The Morgan fingerprint density at radius 1 is 1.07 bits per heavy atom. The standard InChI is InChI=1S/C20H25N3O3S/c1-15-5-3-6-17(13-15)22-27(25,26)18-8-7-16(2)19(14-18)20(24)23-11-4-9-21-10-12-23/h3,5-8,13-14,21-22H,4,9-12H2,1-2H3. The van der Waals surface area contributed by atoms with E-state index in [9.17, 15) is 13.2 Å². The number of nitrogens with one attached hydrogen (secondary N) is 2. The maximum absolute atomic E-state index is 12.9. The predicted molar refractivity (Wildman–Crippen MR) is 107 cm³/mol. The molecule has 27 heavy (non-hydrogen) atoms. The van der Waals surface area contributed by atoms with Gasteiger partial charge in [-0.3, -0.25) is 9.52 Å². The Bertz CT molecular complexity index is 933. The number of rotatable bonds is 4. The highest BCUT2D eigenvalue weighted by atomic mass is 32.2. The number of amides is 1. The van der Waals surface area contributed by atoms with E-state index in [1.807, 2.05) is 19.9 Å². The van der Waals surface area contributed by atoms with Crippen molar-refractivity contribution in [3.63, 3.8) is 0 Å². The fourth-order valence-corrected chi connectivity index (χ4v) is 4.22. The molecule has 7 heteroatoms. The Morgan fingerprint density at radius 2 is 1.89 bits per heavy atom. The minimum absolute atomic E-state index is 0.0888. The normalized spacial score (nSPS) is 15.3. The van der Waals surface area contributed by atoms with Crippen molar-refractivity contribution in [3.8, 4) is 0 Å². The van der Waals surface area contributed by atoms with Crippen LogP contribution < -0.4 is 10.0 Å². The van der Waals surface area contributed by atoms with Gasteiger partial charge in [-0.05, 0) is 62.2 Å². The second-order valence-corrected chi connectivity index (χ2v) is 8.53. The number of benzene rings is 2. The minimum Gasteiger partial charge on any atom is -0.337 e. The van der Waals surface area contributed by atoms with Gasteiger partial charge < -0.3 is 10.2 Å². The molecule has 0 bridgehead atoms. The van der Waals surface area contributed by atoms with E-state index in [4.69, 9.17) is 0 Å². The number of aryl methyl sites for hydroxylation is 2. The number of carbonyl (C=O) groups is 1. The van der Waals surface area contributed by atoms with Crippen molar-refractivity contribution >= 4 is 21.6 Å². The Hall–Kier alpha value is -2.38. The van der Waals surface area contributed by atoms with E-state index in [1.54, 1.807) is 29.2 Å². The smallest absolute Gasteiger partial charge is 0.261 e. The molecular formula is C20H25N3O3S. The lowest BCUT2D eigenvalue weighted by atomic mass is 10.1. The van der Waals surface area contributed by atoms with Crippen LogP contribution in [0.2, 0.25) is 0 Å². The Kier molecular flexibility index (Phi) is 5.82. The molecule has 1 fully saturated rings. The van der Waals surface area contributed by atoms with Gasteiger partial charge >= 0.3 is 0 Å². The van der Waals surface area contributed by atoms with Crippen molar-refractivity contribution in [1.82, 2.24) is 10.2 Å². The van der Waals surface area contributed by atoms with Gasteiger partial charge in [-0.2, -0.15) is 0 Å². The number of hydrogen-bond donors (Lipinski definition) is 2. The fourth-order valence-electron chi connectivity index (χ4n) is 3.14. The maximum Gasteiger partial charge on any atom is 0.261 e. The average Bonchev–Trinajstić information content (AvgIpc) is 2.90. The monoisotopic (exact) mass is 387 g/mol. The van der Waals surface area contributed by atoms with Crippen LogP contribution in [0.3, 0.4) is 0 Å². The van der Waals surface area contributed by atoms with Crippen LogP contribution >= 0.6 is 0 Å². The maximum atomic E-state index is 12.9. The molecule has 144 valence electrons. The zero-order chi connectivity index (χ0) is 19.4. The summed E-state index contributed by atoms with van der Waals surface area (Å²) < 4.78 is 28.2. The highest BCUT2D eigenvalue weighted by Gasteiger charge is 2.22. The summed E-state index contributed by atoms with van der Waals surface area (Å²) in [7, 11) is -3.77. The van der Waals surface area contributed by atoms with Gasteiger partial charge in [0.25, 0.3) is 15.9 Å². The van der Waals surface area contributed by atoms with E-state index < -0.39 is 10.0 Å². The molecule has 1 saturated heterocycles. The fraction of sp³-hybridized carbons (Fsp3) is 0.350. The number of sulfonamides is 1. The summed E-state index contributed by atoms with van der Waals surface area (Å²) in [6.07, 6.45) is 0.887.